The van der Waals surface area contributed by atoms with Gasteiger partial charge in [-0.25, -0.2) is 15.0 Å². The predicted molar refractivity (Wildman–Crippen MR) is 208 cm³/mol. The largest absolute Gasteiger partial charge is 0.456 e. The van der Waals surface area contributed by atoms with Crippen molar-refractivity contribution in [1.82, 2.24) is 15.0 Å². The number of hydrogen-bond acceptors (Lipinski definition) is 4. The predicted octanol–water partition coefficient (Wildman–Crippen LogP) is 12.3. The molecule has 9 aromatic rings. The summed E-state index contributed by atoms with van der Waals surface area (Å²) in [4.78, 5) is 15.3. The molecule has 2 heterocycles. The third kappa shape index (κ3) is 5.04. The fourth-order valence-electron chi connectivity index (χ4n) is 7.28. The highest BCUT2D eigenvalue weighted by Gasteiger charge is 2.25. The van der Waals surface area contributed by atoms with Crippen molar-refractivity contribution < 1.29 is 4.74 Å². The maximum Gasteiger partial charge on any atom is 0.164 e. The third-order valence-electron chi connectivity index (χ3n) is 9.71. The van der Waals surface area contributed by atoms with Crippen LogP contribution < -0.4 is 4.74 Å². The Balaban J connectivity index is 1.16. The van der Waals surface area contributed by atoms with Crippen LogP contribution in [0, 0.1) is 0 Å². The first-order valence-corrected chi connectivity index (χ1v) is 17.1. The number of benzene rings is 8. The highest BCUT2D eigenvalue weighted by molar-refractivity contribution is 6.11. The van der Waals surface area contributed by atoms with Gasteiger partial charge in [-0.05, 0) is 74.3 Å². The van der Waals surface area contributed by atoms with Crippen molar-refractivity contribution in [3.63, 3.8) is 0 Å². The van der Waals surface area contributed by atoms with E-state index in [0.717, 1.165) is 66.6 Å². The maximum atomic E-state index is 6.69. The molecule has 8 aromatic carbocycles. The zero-order valence-electron chi connectivity index (χ0n) is 27.5. The first kappa shape index (κ1) is 29.0. The Bertz CT molecular complexity index is 2780. The summed E-state index contributed by atoms with van der Waals surface area (Å²) in [5.74, 6) is 3.54. The number of ether oxygens (including phenoxy) is 1. The fraction of sp³-hybridized carbons (Fsp3) is 0. The Morgan fingerprint density at radius 3 is 1.82 bits per heavy atom. The van der Waals surface area contributed by atoms with E-state index in [0.29, 0.717) is 17.5 Å². The summed E-state index contributed by atoms with van der Waals surface area (Å²) in [6.45, 7) is 0. The molecular weight excluding hydrogens is 623 g/mol. The summed E-state index contributed by atoms with van der Waals surface area (Å²) in [6.07, 6.45) is 0. The lowest BCUT2D eigenvalue weighted by molar-refractivity contribution is 0.487. The normalized spacial score (nSPS) is 11.7. The number of rotatable bonds is 5. The van der Waals surface area contributed by atoms with Crippen molar-refractivity contribution in [2.45, 2.75) is 0 Å². The Morgan fingerprint density at radius 2 is 0.980 bits per heavy atom. The van der Waals surface area contributed by atoms with Crippen molar-refractivity contribution in [2.75, 3.05) is 0 Å². The van der Waals surface area contributed by atoms with E-state index in [1.54, 1.807) is 0 Å². The van der Waals surface area contributed by atoms with Gasteiger partial charge in [-0.15, -0.1) is 0 Å². The minimum atomic E-state index is 0.616. The third-order valence-corrected chi connectivity index (χ3v) is 9.71. The van der Waals surface area contributed by atoms with Gasteiger partial charge in [0.1, 0.15) is 11.5 Å². The fourth-order valence-corrected chi connectivity index (χ4v) is 7.28. The van der Waals surface area contributed by atoms with Crippen LogP contribution >= 0.6 is 0 Å². The molecule has 51 heavy (non-hydrogen) atoms. The molecule has 10 rings (SSSR count). The minimum absolute atomic E-state index is 0.616. The monoisotopic (exact) mass is 651 g/mol. The smallest absolute Gasteiger partial charge is 0.164 e. The van der Waals surface area contributed by atoms with Gasteiger partial charge in [0.25, 0.3) is 0 Å². The second kappa shape index (κ2) is 11.9. The molecule has 0 saturated heterocycles. The first-order valence-electron chi connectivity index (χ1n) is 17.1. The van der Waals surface area contributed by atoms with Gasteiger partial charge in [-0.2, -0.15) is 0 Å². The molecule has 0 amide bonds. The van der Waals surface area contributed by atoms with Gasteiger partial charge in [0, 0.05) is 27.6 Å². The first-order chi connectivity index (χ1) is 25.3. The number of nitrogens with zero attached hydrogens (tertiary/aromatic N) is 3. The molecule has 4 nitrogen and oxygen atoms in total. The van der Waals surface area contributed by atoms with Crippen LogP contribution in [0.3, 0.4) is 0 Å². The van der Waals surface area contributed by atoms with Gasteiger partial charge in [0.2, 0.25) is 0 Å². The van der Waals surface area contributed by atoms with Crippen LogP contribution in [-0.4, -0.2) is 15.0 Å². The quantitative estimate of drug-likeness (QED) is 0.186. The van der Waals surface area contributed by atoms with E-state index >= 15 is 0 Å². The van der Waals surface area contributed by atoms with Crippen molar-refractivity contribution >= 4 is 21.5 Å². The van der Waals surface area contributed by atoms with Crippen LogP contribution in [0.15, 0.2) is 176 Å². The lowest BCUT2D eigenvalue weighted by Gasteiger charge is -2.24. The average molecular weight is 652 g/mol. The minimum Gasteiger partial charge on any atom is -0.456 e. The molecular formula is C47H29N3O. The van der Waals surface area contributed by atoms with Gasteiger partial charge in [-0.1, -0.05) is 146 Å². The second-order valence-electron chi connectivity index (χ2n) is 12.8. The van der Waals surface area contributed by atoms with E-state index in [2.05, 4.69) is 140 Å². The van der Waals surface area contributed by atoms with E-state index < -0.39 is 0 Å². The molecule has 4 heteroatoms. The SMILES string of the molecule is c1ccc(-c2cccc(-c3cccc4c3-c3cccc5c(-c6nc(-c7ccccc7)nc(-c7ccc8ccccc8c7)n6)ccc(c35)O4)c2)cc1. The standard InChI is InChI=1S/C47H29N3O/c1-3-12-30(13-4-1)34-18-9-19-35(28-34)37-20-11-23-41-43(37)40-22-10-21-38-39(26-27-42(51-41)44(38)40)47-49-45(32-15-5-2-6-16-32)48-46(50-47)36-25-24-31-14-7-8-17-33(31)29-36/h1-29H. The molecule has 0 fully saturated rings. The molecule has 1 aliphatic rings. The summed E-state index contributed by atoms with van der Waals surface area (Å²) >= 11 is 0. The lowest BCUT2D eigenvalue weighted by atomic mass is 9.87. The molecule has 1 aromatic heterocycles. The summed E-state index contributed by atoms with van der Waals surface area (Å²) in [6, 6.07) is 61.0. The van der Waals surface area contributed by atoms with Crippen LogP contribution in [0.2, 0.25) is 0 Å². The summed E-state index contributed by atoms with van der Waals surface area (Å²) in [5.41, 5.74) is 9.63. The Labute approximate surface area is 295 Å². The van der Waals surface area contributed by atoms with Gasteiger partial charge < -0.3 is 4.74 Å². The maximum absolute atomic E-state index is 6.69. The molecule has 0 atom stereocenters. The summed E-state index contributed by atoms with van der Waals surface area (Å²) < 4.78 is 6.69. The molecule has 1 aliphatic heterocycles. The van der Waals surface area contributed by atoms with Crippen LogP contribution in [0.4, 0.5) is 0 Å². The summed E-state index contributed by atoms with van der Waals surface area (Å²) in [7, 11) is 0. The second-order valence-corrected chi connectivity index (χ2v) is 12.8. The highest BCUT2D eigenvalue weighted by atomic mass is 16.5. The van der Waals surface area contributed by atoms with E-state index in [9.17, 15) is 0 Å². The Hall–Kier alpha value is -6.91. The van der Waals surface area contributed by atoms with Crippen LogP contribution in [0.25, 0.3) is 89.1 Å². The number of fused-ring (bicyclic) bond motifs is 3. The number of hydrogen-bond donors (Lipinski definition) is 0. The molecule has 0 N–H and O–H groups in total. The van der Waals surface area contributed by atoms with Crippen molar-refractivity contribution in [3.05, 3.63) is 176 Å². The van der Waals surface area contributed by atoms with Crippen LogP contribution in [-0.2, 0) is 0 Å². The van der Waals surface area contributed by atoms with Crippen molar-refractivity contribution in [1.29, 1.82) is 0 Å². The highest BCUT2D eigenvalue weighted by Crippen LogP contribution is 2.51. The molecule has 0 radical (unpaired) electrons. The molecule has 0 spiro atoms. The molecule has 0 unspecified atom stereocenters. The zero-order valence-corrected chi connectivity index (χ0v) is 27.5. The van der Waals surface area contributed by atoms with E-state index in [4.69, 9.17) is 19.7 Å². The molecule has 0 saturated carbocycles. The molecule has 238 valence electrons. The van der Waals surface area contributed by atoms with Crippen LogP contribution in [0.1, 0.15) is 0 Å². The van der Waals surface area contributed by atoms with Gasteiger partial charge in [0.05, 0.1) is 0 Å². The van der Waals surface area contributed by atoms with E-state index in [1.807, 2.05) is 36.4 Å². The van der Waals surface area contributed by atoms with Crippen molar-refractivity contribution in [3.8, 4) is 79.0 Å². The van der Waals surface area contributed by atoms with Crippen LogP contribution in [0.5, 0.6) is 11.5 Å². The summed E-state index contributed by atoms with van der Waals surface area (Å²) in [5, 5.41) is 4.39. The van der Waals surface area contributed by atoms with Gasteiger partial charge in [-0.3, -0.25) is 0 Å². The number of aromatic nitrogens is 3. The van der Waals surface area contributed by atoms with Crippen molar-refractivity contribution in [2.24, 2.45) is 0 Å². The topological polar surface area (TPSA) is 47.9 Å². The van der Waals surface area contributed by atoms with Gasteiger partial charge in [0.15, 0.2) is 17.5 Å². The van der Waals surface area contributed by atoms with E-state index in [1.165, 1.54) is 16.5 Å². The molecule has 0 bridgehead atoms. The van der Waals surface area contributed by atoms with Gasteiger partial charge >= 0.3 is 0 Å². The lowest BCUT2D eigenvalue weighted by Crippen LogP contribution is -2.02. The van der Waals surface area contributed by atoms with E-state index in [-0.39, 0.29) is 0 Å². The average Bonchev–Trinajstić information content (AvgIpc) is 3.21. The zero-order chi connectivity index (χ0) is 33.7. The Morgan fingerprint density at radius 1 is 0.333 bits per heavy atom. The molecule has 0 aliphatic carbocycles. The Kier molecular flexibility index (Phi) is 6.78.